The van der Waals surface area contributed by atoms with E-state index in [-0.39, 0.29) is 110 Å². The van der Waals surface area contributed by atoms with E-state index in [2.05, 4.69) is 27.0 Å². The molecule has 10 aliphatic heterocycles. The number of ketones is 1. The first-order valence-corrected chi connectivity index (χ1v) is 20.1. The van der Waals surface area contributed by atoms with Crippen molar-refractivity contribution in [1.82, 2.24) is 0 Å². The molecule has 3 N–H and O–H groups in total. The van der Waals surface area contributed by atoms with Gasteiger partial charge in [-0.2, -0.15) is 0 Å². The lowest BCUT2D eigenvalue weighted by Crippen LogP contribution is -2.61. The van der Waals surface area contributed by atoms with E-state index < -0.39 is 11.9 Å². The second kappa shape index (κ2) is 13.8. The molecule has 0 aromatic carbocycles. The first-order valence-electron chi connectivity index (χ1n) is 20.1. The van der Waals surface area contributed by atoms with Gasteiger partial charge in [0.2, 0.25) is 0 Å². The number of nitrogens with two attached hydrogens (primary N) is 1. The molecule has 10 rings (SSSR count). The van der Waals surface area contributed by atoms with Gasteiger partial charge in [-0.1, -0.05) is 27.0 Å². The fraction of sp³-hybridized carbons (Fsp3) is 0.875. The summed E-state index contributed by atoms with van der Waals surface area (Å²) in [6, 6.07) is 0. The number of Topliss-reactive ketones (excluding diaryl/α,β-unsaturated/α-hetero) is 1. The van der Waals surface area contributed by atoms with Crippen molar-refractivity contribution in [1.29, 1.82) is 0 Å². The molecule has 0 aromatic rings. The Balaban J connectivity index is 0.986. The number of ether oxygens (including phenoxy) is 8. The predicted octanol–water partition coefficient (Wildman–Crippen LogP) is 4.06. The van der Waals surface area contributed by atoms with Crippen molar-refractivity contribution in [3.63, 3.8) is 0 Å². The molecule has 0 saturated carbocycles. The van der Waals surface area contributed by atoms with Crippen LogP contribution in [0.5, 0.6) is 0 Å². The van der Waals surface area contributed by atoms with E-state index in [1.54, 1.807) is 0 Å². The molecule has 0 aliphatic carbocycles. The highest BCUT2D eigenvalue weighted by Crippen LogP contribution is 2.54. The summed E-state index contributed by atoms with van der Waals surface area (Å²) >= 11 is 0. The second-order valence-electron chi connectivity index (χ2n) is 17.6. The number of aliphatic hydroxyl groups excluding tert-OH is 1. The van der Waals surface area contributed by atoms with Gasteiger partial charge in [0.15, 0.2) is 5.79 Å². The number of carbonyl (C=O) groups is 1. The second-order valence-corrected chi connectivity index (χ2v) is 17.6. The molecule has 10 aliphatic rings. The molecule has 0 amide bonds. The first-order chi connectivity index (χ1) is 24.6. The molecule has 0 aromatic heterocycles. The van der Waals surface area contributed by atoms with Gasteiger partial charge in [0, 0.05) is 45.1 Å². The maximum absolute atomic E-state index is 14.0. The Morgan fingerprint density at radius 3 is 2.35 bits per heavy atom. The van der Waals surface area contributed by atoms with Crippen LogP contribution in [0.15, 0.2) is 24.3 Å². The highest BCUT2D eigenvalue weighted by molar-refractivity contribution is 5.79. The van der Waals surface area contributed by atoms with E-state index in [4.69, 9.17) is 43.6 Å². The third-order valence-corrected chi connectivity index (χ3v) is 14.2. The zero-order chi connectivity index (χ0) is 35.2. The van der Waals surface area contributed by atoms with Crippen molar-refractivity contribution in [3.05, 3.63) is 24.3 Å². The van der Waals surface area contributed by atoms with Crippen LogP contribution in [0, 0.1) is 17.8 Å². The Hall–Kier alpha value is -1.25. The fourth-order valence-corrected chi connectivity index (χ4v) is 11.3. The molecule has 1 unspecified atom stereocenters. The number of aliphatic hydroxyl groups is 1. The van der Waals surface area contributed by atoms with Crippen molar-refractivity contribution in [3.8, 4) is 0 Å². The van der Waals surface area contributed by atoms with Crippen LogP contribution < -0.4 is 5.73 Å². The standard InChI is InChI=1S/C40H59NO10/c1-19-11-25-5-7-29-20(2)12-27(44-29)9-10-40-17-34-36(50-40)37-38(49-34)39(51-40)35-30(48-37)8-6-26(46-35)13-23(42)14-28-22(4)31(15-24(43)18-41)47-33(28)16-32(45-25)21(19)3/h19,22,24-39,43H,2-3,5-18,41H2,1,4H3/t19-,22-,24+,25+,26-,27+,28-,29?,30+,31-,32-,33+,34-,35+,36+,37+,38-,39+,40+/m1/s1. The third-order valence-electron chi connectivity index (χ3n) is 14.2. The summed E-state index contributed by atoms with van der Waals surface area (Å²) in [5.41, 5.74) is 8.06. The highest BCUT2D eigenvalue weighted by Gasteiger charge is 2.68. The van der Waals surface area contributed by atoms with Crippen LogP contribution >= 0.6 is 0 Å². The topological polar surface area (TPSA) is 137 Å². The zero-order valence-electron chi connectivity index (χ0n) is 30.4. The first kappa shape index (κ1) is 35.5. The fourth-order valence-electron chi connectivity index (χ4n) is 11.3. The van der Waals surface area contributed by atoms with Gasteiger partial charge in [-0.3, -0.25) is 4.79 Å². The minimum Gasteiger partial charge on any atom is -0.392 e. The molecular weight excluding hydrogens is 654 g/mol. The van der Waals surface area contributed by atoms with Gasteiger partial charge in [0.25, 0.3) is 0 Å². The average Bonchev–Trinajstić information content (AvgIpc) is 3.77. The average molecular weight is 714 g/mol. The summed E-state index contributed by atoms with van der Waals surface area (Å²) in [6.45, 7) is 13.5. The minimum absolute atomic E-state index is 0.00127. The van der Waals surface area contributed by atoms with Crippen LogP contribution in [0.25, 0.3) is 0 Å². The van der Waals surface area contributed by atoms with E-state index in [9.17, 15) is 9.90 Å². The van der Waals surface area contributed by atoms with Gasteiger partial charge in [0.1, 0.15) is 36.3 Å². The van der Waals surface area contributed by atoms with Gasteiger partial charge in [0.05, 0.1) is 61.0 Å². The summed E-state index contributed by atoms with van der Waals surface area (Å²) in [5, 5.41) is 10.5. The maximum atomic E-state index is 14.0. The lowest BCUT2D eigenvalue weighted by atomic mass is 9.78. The van der Waals surface area contributed by atoms with Crippen LogP contribution in [0.4, 0.5) is 0 Å². The lowest BCUT2D eigenvalue weighted by Gasteiger charge is -2.47. The molecular formula is C40H59NO10. The smallest absolute Gasteiger partial charge is 0.172 e. The Bertz CT molecular complexity index is 1360. The largest absolute Gasteiger partial charge is 0.392 e. The molecule has 12 bridgehead atoms. The van der Waals surface area contributed by atoms with E-state index in [0.29, 0.717) is 44.4 Å². The van der Waals surface area contributed by atoms with Crippen molar-refractivity contribution in [2.24, 2.45) is 23.5 Å². The Morgan fingerprint density at radius 2 is 1.51 bits per heavy atom. The van der Waals surface area contributed by atoms with Crippen LogP contribution in [0.3, 0.4) is 0 Å². The molecule has 0 radical (unpaired) electrons. The third kappa shape index (κ3) is 6.53. The van der Waals surface area contributed by atoms with Crippen LogP contribution in [-0.2, 0) is 42.7 Å². The number of carbonyl (C=O) groups excluding carboxylic acids is 1. The maximum Gasteiger partial charge on any atom is 0.172 e. The van der Waals surface area contributed by atoms with Crippen molar-refractivity contribution >= 4 is 5.78 Å². The van der Waals surface area contributed by atoms with Gasteiger partial charge in [-0.15, -0.1) is 0 Å². The molecule has 10 heterocycles. The molecule has 11 nitrogen and oxygen atoms in total. The van der Waals surface area contributed by atoms with Crippen molar-refractivity contribution < 1.29 is 47.8 Å². The van der Waals surface area contributed by atoms with Crippen LogP contribution in [0.1, 0.15) is 97.3 Å². The molecule has 19 atom stereocenters. The molecule has 11 heteroatoms. The summed E-state index contributed by atoms with van der Waals surface area (Å²) < 4.78 is 54.0. The van der Waals surface area contributed by atoms with E-state index in [0.717, 1.165) is 56.1 Å². The molecule has 284 valence electrons. The zero-order valence-corrected chi connectivity index (χ0v) is 30.4. The van der Waals surface area contributed by atoms with E-state index in [1.807, 2.05) is 0 Å². The van der Waals surface area contributed by atoms with Crippen molar-refractivity contribution in [2.45, 2.75) is 195 Å². The van der Waals surface area contributed by atoms with Gasteiger partial charge < -0.3 is 48.7 Å². The lowest BCUT2D eigenvalue weighted by molar-refractivity contribution is -0.292. The summed E-state index contributed by atoms with van der Waals surface area (Å²) in [4.78, 5) is 14.0. The molecule has 10 fully saturated rings. The number of hydrogen-bond acceptors (Lipinski definition) is 11. The molecule has 1 spiro atoms. The molecule has 51 heavy (non-hydrogen) atoms. The Labute approximate surface area is 302 Å². The van der Waals surface area contributed by atoms with Crippen LogP contribution in [-0.4, -0.2) is 115 Å². The number of rotatable bonds is 3. The predicted molar refractivity (Wildman–Crippen MR) is 185 cm³/mol. The van der Waals surface area contributed by atoms with Crippen LogP contribution in [0.2, 0.25) is 0 Å². The van der Waals surface area contributed by atoms with E-state index >= 15 is 0 Å². The van der Waals surface area contributed by atoms with E-state index in [1.165, 1.54) is 0 Å². The number of fused-ring (bicyclic) bond motifs is 6. The highest BCUT2D eigenvalue weighted by atomic mass is 16.8. The Morgan fingerprint density at radius 1 is 0.765 bits per heavy atom. The minimum atomic E-state index is -0.765. The van der Waals surface area contributed by atoms with Crippen molar-refractivity contribution in [2.75, 3.05) is 6.54 Å². The normalized spacial score (nSPS) is 53.2. The quantitative estimate of drug-likeness (QED) is 0.410. The number of hydrogen-bond donors (Lipinski definition) is 2. The SMILES string of the molecule is C=C1C[C@@H]2CC[C@@]34C[C@H]5O[C@H]6[C@@H](O3)[C@H]3O[C@H](CC[C@@H]3O[C@H]6[C@H]5O4)CC(=O)C[C@@H]3[C@@H](C)[C@@H](C[C@H](O)CN)O[C@H]3C[C@H]3O[C@@H](CCC1O2)C[C@@H](C)C3=C. The Kier molecular flexibility index (Phi) is 9.59. The van der Waals surface area contributed by atoms with Gasteiger partial charge in [-0.05, 0) is 73.8 Å². The molecule has 10 saturated heterocycles. The van der Waals surface area contributed by atoms with Gasteiger partial charge in [-0.25, -0.2) is 0 Å². The van der Waals surface area contributed by atoms with Gasteiger partial charge >= 0.3 is 0 Å². The summed E-state index contributed by atoms with van der Waals surface area (Å²) in [7, 11) is 0. The summed E-state index contributed by atoms with van der Waals surface area (Å²) in [5.74, 6) is -0.222. The summed E-state index contributed by atoms with van der Waals surface area (Å²) in [6.07, 6.45) is 6.43. The monoisotopic (exact) mass is 713 g/mol.